The van der Waals surface area contributed by atoms with Crippen LogP contribution in [0.4, 0.5) is 0 Å². The number of benzene rings is 8. The largest absolute Gasteiger partial charge is 0.456 e. The molecule has 0 unspecified atom stereocenters. The highest BCUT2D eigenvalue weighted by Crippen LogP contribution is 2.37. The standard InChI is InChI=1S/C49H31N2O2Si/c1-54(32-20-24-48-40(28-32)38-26-30(18-22-46(38)52-48)50-42-14-6-2-10-34(42)35-11-3-7-15-43(35)50)33-21-25-49-41(29-33)39-27-31(19-23-47(39)53-49)51-44-16-8-4-12-36(44)37-13-5-9-17-45(37)51/h2-29H,1H3/q+1. The molecular weight excluding hydrogens is 677 g/mol. The molecule has 0 saturated heterocycles. The number of rotatable bonds is 4. The zero-order valence-electron chi connectivity index (χ0n) is 29.4. The van der Waals surface area contributed by atoms with E-state index >= 15 is 0 Å². The maximum absolute atomic E-state index is 6.42. The predicted octanol–water partition coefficient (Wildman–Crippen LogP) is 11.9. The van der Waals surface area contributed by atoms with Gasteiger partial charge in [-0.3, -0.25) is 0 Å². The van der Waals surface area contributed by atoms with Gasteiger partial charge in [0.05, 0.1) is 28.6 Å². The first kappa shape index (κ1) is 29.7. The first-order chi connectivity index (χ1) is 26.7. The molecule has 12 rings (SSSR count). The molecule has 252 valence electrons. The highest BCUT2D eigenvalue weighted by Gasteiger charge is 2.29. The van der Waals surface area contributed by atoms with E-state index in [2.05, 4.69) is 186 Å². The van der Waals surface area contributed by atoms with Crippen molar-refractivity contribution < 1.29 is 8.83 Å². The molecule has 0 atom stereocenters. The van der Waals surface area contributed by atoms with Gasteiger partial charge < -0.3 is 18.0 Å². The summed E-state index contributed by atoms with van der Waals surface area (Å²) in [6.45, 7) is 2.39. The van der Waals surface area contributed by atoms with Gasteiger partial charge in [0.15, 0.2) is 0 Å². The van der Waals surface area contributed by atoms with Crippen LogP contribution in [0, 0.1) is 0 Å². The summed E-state index contributed by atoms with van der Waals surface area (Å²) in [5, 5.41) is 12.3. The Kier molecular flexibility index (Phi) is 6.11. The summed E-state index contributed by atoms with van der Waals surface area (Å²) < 4.78 is 17.6. The second kappa shape index (κ2) is 11.1. The predicted molar refractivity (Wildman–Crippen MR) is 227 cm³/mol. The van der Waals surface area contributed by atoms with Gasteiger partial charge in [-0.05, 0) is 97.1 Å². The van der Waals surface area contributed by atoms with E-state index in [0.29, 0.717) is 0 Å². The molecule has 8 aromatic carbocycles. The van der Waals surface area contributed by atoms with Crippen LogP contribution in [-0.4, -0.2) is 17.9 Å². The lowest BCUT2D eigenvalue weighted by molar-refractivity contribution is 0.668. The van der Waals surface area contributed by atoms with Gasteiger partial charge in [-0.25, -0.2) is 0 Å². The van der Waals surface area contributed by atoms with Crippen LogP contribution in [-0.2, 0) is 0 Å². The Morgan fingerprint density at radius 3 is 1.02 bits per heavy atom. The normalized spacial score (nSPS) is 12.2. The van der Waals surface area contributed by atoms with Gasteiger partial charge in [0, 0.05) is 54.5 Å². The number of hydrogen-bond acceptors (Lipinski definition) is 2. The van der Waals surface area contributed by atoms with E-state index in [9.17, 15) is 0 Å². The van der Waals surface area contributed by atoms with Crippen LogP contribution in [0.3, 0.4) is 0 Å². The van der Waals surface area contributed by atoms with Crippen molar-refractivity contribution in [2.45, 2.75) is 6.55 Å². The molecule has 0 aliphatic carbocycles. The van der Waals surface area contributed by atoms with Crippen molar-refractivity contribution in [1.29, 1.82) is 0 Å². The molecule has 0 spiro atoms. The minimum Gasteiger partial charge on any atom is -0.456 e. The summed E-state index contributed by atoms with van der Waals surface area (Å²) in [5.74, 6) is 0. The van der Waals surface area contributed by atoms with Crippen LogP contribution in [0.15, 0.2) is 179 Å². The molecule has 0 aliphatic heterocycles. The van der Waals surface area contributed by atoms with Crippen molar-refractivity contribution in [3.63, 3.8) is 0 Å². The Morgan fingerprint density at radius 1 is 0.333 bits per heavy atom. The van der Waals surface area contributed by atoms with Gasteiger partial charge >= 0.3 is 8.80 Å². The van der Waals surface area contributed by atoms with Crippen LogP contribution in [0.5, 0.6) is 0 Å². The topological polar surface area (TPSA) is 36.1 Å². The van der Waals surface area contributed by atoms with E-state index < -0.39 is 8.80 Å². The molecular formula is C49H31N2O2Si+. The summed E-state index contributed by atoms with van der Waals surface area (Å²) in [4.78, 5) is 0. The molecule has 5 heteroatoms. The average molecular weight is 708 g/mol. The lowest BCUT2D eigenvalue weighted by Crippen LogP contribution is -2.38. The summed E-state index contributed by atoms with van der Waals surface area (Å²) >= 11 is 0. The van der Waals surface area contributed by atoms with E-state index in [-0.39, 0.29) is 0 Å². The zero-order chi connectivity index (χ0) is 35.5. The molecule has 12 aromatic rings. The van der Waals surface area contributed by atoms with Crippen LogP contribution >= 0.6 is 0 Å². The Morgan fingerprint density at radius 2 is 0.648 bits per heavy atom. The van der Waals surface area contributed by atoms with Gasteiger partial charge in [0.1, 0.15) is 32.7 Å². The van der Waals surface area contributed by atoms with E-state index in [0.717, 1.165) is 55.3 Å². The van der Waals surface area contributed by atoms with Gasteiger partial charge in [-0.15, -0.1) is 0 Å². The van der Waals surface area contributed by atoms with Crippen molar-refractivity contribution in [2.75, 3.05) is 0 Å². The molecule has 0 saturated carbocycles. The number of nitrogens with zero attached hydrogens (tertiary/aromatic N) is 2. The van der Waals surface area contributed by atoms with Crippen molar-refractivity contribution in [2.24, 2.45) is 0 Å². The van der Waals surface area contributed by atoms with E-state index in [1.807, 2.05) is 0 Å². The molecule has 54 heavy (non-hydrogen) atoms. The fourth-order valence-corrected chi connectivity index (χ4v) is 10.6. The monoisotopic (exact) mass is 707 g/mol. The third kappa shape index (κ3) is 4.18. The molecule has 4 aromatic heterocycles. The number of hydrogen-bond donors (Lipinski definition) is 0. The van der Waals surface area contributed by atoms with E-state index in [4.69, 9.17) is 8.83 Å². The Balaban J connectivity index is 0.971. The molecule has 4 heterocycles. The molecule has 0 N–H and O–H groups in total. The Bertz CT molecular complexity index is 3150. The SMILES string of the molecule is C[Si+](c1ccc2oc3ccc(-n4c5ccccc5c5ccccc54)cc3c2c1)c1ccc2oc3ccc(-n4c5ccccc5c5ccccc54)cc3c2c1. The lowest BCUT2D eigenvalue weighted by Gasteiger charge is -2.08. The van der Waals surface area contributed by atoms with E-state index in [1.54, 1.807) is 0 Å². The van der Waals surface area contributed by atoms with Gasteiger partial charge in [0.25, 0.3) is 0 Å². The van der Waals surface area contributed by atoms with Crippen molar-refractivity contribution in [3.05, 3.63) is 170 Å². The quantitative estimate of drug-likeness (QED) is 0.171. The first-order valence-electron chi connectivity index (χ1n) is 18.4. The number of fused-ring (bicyclic) bond motifs is 12. The summed E-state index contributed by atoms with van der Waals surface area (Å²) in [6, 6.07) is 61.4. The maximum atomic E-state index is 6.42. The van der Waals surface area contributed by atoms with Crippen LogP contribution in [0.25, 0.3) is 98.9 Å². The van der Waals surface area contributed by atoms with Crippen molar-refractivity contribution in [1.82, 2.24) is 9.13 Å². The van der Waals surface area contributed by atoms with Crippen LogP contribution < -0.4 is 10.4 Å². The Labute approximate surface area is 311 Å². The molecule has 4 nitrogen and oxygen atoms in total. The first-order valence-corrected chi connectivity index (χ1v) is 20.4. The van der Waals surface area contributed by atoms with Gasteiger partial charge in [-0.2, -0.15) is 0 Å². The molecule has 0 bridgehead atoms. The fourth-order valence-electron chi connectivity index (χ4n) is 8.84. The number of para-hydroxylation sites is 4. The van der Waals surface area contributed by atoms with Gasteiger partial charge in [0.2, 0.25) is 0 Å². The fraction of sp³-hybridized carbons (Fsp3) is 0.0204. The van der Waals surface area contributed by atoms with Crippen molar-refractivity contribution in [3.8, 4) is 11.4 Å². The summed E-state index contributed by atoms with van der Waals surface area (Å²) in [5.41, 5.74) is 10.7. The molecule has 0 aliphatic rings. The smallest absolute Gasteiger partial charge is 0.387 e. The van der Waals surface area contributed by atoms with Crippen LogP contribution in [0.1, 0.15) is 0 Å². The third-order valence-electron chi connectivity index (χ3n) is 11.4. The summed E-state index contributed by atoms with van der Waals surface area (Å²) in [7, 11) is -1.13. The third-order valence-corrected chi connectivity index (χ3v) is 13.8. The van der Waals surface area contributed by atoms with Gasteiger partial charge in [-0.1, -0.05) is 72.8 Å². The second-order valence-electron chi connectivity index (χ2n) is 14.4. The minimum absolute atomic E-state index is 0.905. The van der Waals surface area contributed by atoms with E-state index in [1.165, 1.54) is 54.0 Å². The second-order valence-corrected chi connectivity index (χ2v) is 16.8. The Hall–Kier alpha value is -6.82. The van der Waals surface area contributed by atoms with Crippen molar-refractivity contribution >= 4 is 107 Å². The number of aromatic nitrogens is 2. The van der Waals surface area contributed by atoms with Crippen LogP contribution in [0.2, 0.25) is 6.55 Å². The maximum Gasteiger partial charge on any atom is 0.387 e. The molecule has 0 fully saturated rings. The minimum atomic E-state index is -1.13. The average Bonchev–Trinajstić information content (AvgIpc) is 3.97. The highest BCUT2D eigenvalue weighted by molar-refractivity contribution is 6.84. The highest BCUT2D eigenvalue weighted by atomic mass is 28.3. The lowest BCUT2D eigenvalue weighted by atomic mass is 10.1. The summed E-state index contributed by atoms with van der Waals surface area (Å²) in [6.07, 6.45) is 0. The molecule has 0 amide bonds. The molecule has 0 radical (unpaired) electrons. The zero-order valence-corrected chi connectivity index (χ0v) is 30.4. The number of furan rings is 2.